The number of amides is 1. The molecule has 0 aliphatic carbocycles. The SMILES string of the molecule is O=C(COC(=O)/C=C/c1ccsc1)NC[C@@H]1CCCO1. The van der Waals surface area contributed by atoms with E-state index >= 15 is 0 Å². The van der Waals surface area contributed by atoms with Crippen LogP contribution < -0.4 is 5.32 Å². The fourth-order valence-electron chi connectivity index (χ4n) is 1.80. The van der Waals surface area contributed by atoms with Crippen LogP contribution in [0.2, 0.25) is 0 Å². The van der Waals surface area contributed by atoms with Gasteiger partial charge in [0.05, 0.1) is 6.10 Å². The lowest BCUT2D eigenvalue weighted by Crippen LogP contribution is -2.34. The number of ether oxygens (including phenoxy) is 2. The summed E-state index contributed by atoms with van der Waals surface area (Å²) >= 11 is 1.55. The maximum absolute atomic E-state index is 11.5. The van der Waals surface area contributed by atoms with Gasteiger partial charge in [-0.2, -0.15) is 11.3 Å². The summed E-state index contributed by atoms with van der Waals surface area (Å²) in [5.74, 6) is -0.832. The van der Waals surface area contributed by atoms with Crippen molar-refractivity contribution in [3.8, 4) is 0 Å². The zero-order valence-electron chi connectivity index (χ0n) is 11.0. The van der Waals surface area contributed by atoms with E-state index in [1.807, 2.05) is 16.8 Å². The zero-order chi connectivity index (χ0) is 14.2. The van der Waals surface area contributed by atoms with Gasteiger partial charge in [0, 0.05) is 19.2 Å². The number of thiophene rings is 1. The second-order valence-corrected chi connectivity index (χ2v) is 5.22. The summed E-state index contributed by atoms with van der Waals surface area (Å²) in [6.07, 6.45) is 5.05. The van der Waals surface area contributed by atoms with Crippen molar-refractivity contribution in [2.45, 2.75) is 18.9 Å². The Labute approximate surface area is 121 Å². The summed E-state index contributed by atoms with van der Waals surface area (Å²) in [4.78, 5) is 22.9. The summed E-state index contributed by atoms with van der Waals surface area (Å²) < 4.78 is 10.2. The molecule has 0 aromatic carbocycles. The Bertz CT molecular complexity index is 464. The normalized spacial score (nSPS) is 18.3. The molecule has 6 heteroatoms. The fraction of sp³-hybridized carbons (Fsp3) is 0.429. The first-order chi connectivity index (χ1) is 9.74. The topological polar surface area (TPSA) is 64.6 Å². The van der Waals surface area contributed by atoms with E-state index < -0.39 is 5.97 Å². The van der Waals surface area contributed by atoms with Crippen LogP contribution in [-0.2, 0) is 19.1 Å². The van der Waals surface area contributed by atoms with Crippen molar-refractivity contribution in [3.63, 3.8) is 0 Å². The lowest BCUT2D eigenvalue weighted by atomic mass is 10.2. The predicted octanol–water partition coefficient (Wildman–Crippen LogP) is 1.60. The number of hydrogen-bond acceptors (Lipinski definition) is 5. The Morgan fingerprint density at radius 1 is 1.55 bits per heavy atom. The van der Waals surface area contributed by atoms with E-state index in [-0.39, 0.29) is 18.6 Å². The molecule has 0 radical (unpaired) electrons. The first-order valence-corrected chi connectivity index (χ1v) is 7.43. The van der Waals surface area contributed by atoms with Gasteiger partial charge < -0.3 is 14.8 Å². The maximum Gasteiger partial charge on any atom is 0.331 e. The molecule has 1 amide bonds. The average Bonchev–Trinajstić information content (AvgIpc) is 3.13. The first kappa shape index (κ1) is 14.7. The van der Waals surface area contributed by atoms with Gasteiger partial charge in [0.25, 0.3) is 5.91 Å². The van der Waals surface area contributed by atoms with Gasteiger partial charge in [-0.1, -0.05) is 0 Å². The Morgan fingerprint density at radius 3 is 3.15 bits per heavy atom. The van der Waals surface area contributed by atoms with E-state index in [9.17, 15) is 9.59 Å². The summed E-state index contributed by atoms with van der Waals surface area (Å²) in [5.41, 5.74) is 0.940. The van der Waals surface area contributed by atoms with Crippen LogP contribution in [0.15, 0.2) is 22.9 Å². The fourth-order valence-corrected chi connectivity index (χ4v) is 2.43. The number of carbonyl (C=O) groups excluding carboxylic acids is 2. The second kappa shape index (κ2) is 7.81. The molecule has 1 saturated heterocycles. The van der Waals surface area contributed by atoms with E-state index in [0.717, 1.165) is 25.0 Å². The molecule has 0 unspecified atom stereocenters. The molecule has 20 heavy (non-hydrogen) atoms. The number of carbonyl (C=O) groups is 2. The highest BCUT2D eigenvalue weighted by molar-refractivity contribution is 7.08. The standard InChI is InChI=1S/C14H17NO4S/c16-13(15-8-12-2-1-6-18-12)9-19-14(17)4-3-11-5-7-20-10-11/h3-5,7,10,12H,1-2,6,8-9H2,(H,15,16)/b4-3+/t12-/m0/s1. The van der Waals surface area contributed by atoms with Gasteiger partial charge in [-0.3, -0.25) is 4.79 Å². The Kier molecular flexibility index (Phi) is 5.76. The highest BCUT2D eigenvalue weighted by atomic mass is 32.1. The van der Waals surface area contributed by atoms with Crippen LogP contribution in [-0.4, -0.2) is 37.7 Å². The highest BCUT2D eigenvalue weighted by Crippen LogP contribution is 2.10. The smallest absolute Gasteiger partial charge is 0.331 e. The molecule has 108 valence electrons. The molecule has 2 heterocycles. The van der Waals surface area contributed by atoms with Crippen LogP contribution >= 0.6 is 11.3 Å². The lowest BCUT2D eigenvalue weighted by molar-refractivity contribution is -0.143. The number of esters is 1. The molecule has 1 aromatic heterocycles. The summed E-state index contributed by atoms with van der Waals surface area (Å²) in [6.45, 7) is 0.962. The van der Waals surface area contributed by atoms with Gasteiger partial charge in [0.1, 0.15) is 0 Å². The van der Waals surface area contributed by atoms with E-state index in [0.29, 0.717) is 6.54 Å². The van der Waals surface area contributed by atoms with E-state index in [1.54, 1.807) is 17.4 Å². The molecule has 1 fully saturated rings. The van der Waals surface area contributed by atoms with Crippen LogP contribution in [0, 0.1) is 0 Å². The van der Waals surface area contributed by atoms with Gasteiger partial charge in [-0.15, -0.1) is 0 Å². The third-order valence-electron chi connectivity index (χ3n) is 2.85. The molecule has 0 bridgehead atoms. The molecule has 1 aromatic rings. The van der Waals surface area contributed by atoms with Crippen molar-refractivity contribution >= 4 is 29.3 Å². The Morgan fingerprint density at radius 2 is 2.45 bits per heavy atom. The predicted molar refractivity (Wildman–Crippen MR) is 76.3 cm³/mol. The summed E-state index contributed by atoms with van der Waals surface area (Å²) in [5, 5.41) is 6.52. The third-order valence-corrected chi connectivity index (χ3v) is 3.55. The van der Waals surface area contributed by atoms with Crippen molar-refractivity contribution in [1.29, 1.82) is 0 Å². The number of hydrogen-bond donors (Lipinski definition) is 1. The van der Waals surface area contributed by atoms with Gasteiger partial charge in [-0.05, 0) is 41.3 Å². The second-order valence-electron chi connectivity index (χ2n) is 4.44. The zero-order valence-corrected chi connectivity index (χ0v) is 11.9. The molecule has 0 saturated carbocycles. The van der Waals surface area contributed by atoms with E-state index in [4.69, 9.17) is 9.47 Å². The van der Waals surface area contributed by atoms with E-state index in [1.165, 1.54) is 6.08 Å². The minimum atomic E-state index is -0.525. The van der Waals surface area contributed by atoms with Crippen LogP contribution in [0.5, 0.6) is 0 Å². The molecular weight excluding hydrogens is 278 g/mol. The van der Waals surface area contributed by atoms with Gasteiger partial charge in [0.2, 0.25) is 0 Å². The molecule has 1 aliphatic heterocycles. The van der Waals surface area contributed by atoms with Crippen LogP contribution in [0.1, 0.15) is 18.4 Å². The Hall–Kier alpha value is -1.66. The quantitative estimate of drug-likeness (QED) is 0.639. The van der Waals surface area contributed by atoms with Crippen molar-refractivity contribution in [1.82, 2.24) is 5.32 Å². The molecule has 0 spiro atoms. The molecule has 1 aliphatic rings. The minimum Gasteiger partial charge on any atom is -0.452 e. The monoisotopic (exact) mass is 295 g/mol. The van der Waals surface area contributed by atoms with Crippen LogP contribution in [0.4, 0.5) is 0 Å². The average molecular weight is 295 g/mol. The van der Waals surface area contributed by atoms with Gasteiger partial charge >= 0.3 is 5.97 Å². The molecule has 2 rings (SSSR count). The summed E-state index contributed by atoms with van der Waals surface area (Å²) in [6, 6.07) is 1.89. The van der Waals surface area contributed by atoms with Crippen molar-refractivity contribution in [2.24, 2.45) is 0 Å². The minimum absolute atomic E-state index is 0.0909. The third kappa shape index (κ3) is 5.14. The largest absolute Gasteiger partial charge is 0.452 e. The lowest BCUT2D eigenvalue weighted by Gasteiger charge is -2.10. The van der Waals surface area contributed by atoms with Gasteiger partial charge in [0.15, 0.2) is 6.61 Å². The molecule has 1 N–H and O–H groups in total. The Balaban J connectivity index is 1.61. The molecule has 1 atom stereocenters. The van der Waals surface area contributed by atoms with Crippen molar-refractivity contribution in [3.05, 3.63) is 28.5 Å². The van der Waals surface area contributed by atoms with Crippen LogP contribution in [0.3, 0.4) is 0 Å². The van der Waals surface area contributed by atoms with E-state index in [2.05, 4.69) is 5.32 Å². The summed E-state index contributed by atoms with van der Waals surface area (Å²) in [7, 11) is 0. The van der Waals surface area contributed by atoms with Crippen molar-refractivity contribution < 1.29 is 19.1 Å². The highest BCUT2D eigenvalue weighted by Gasteiger charge is 2.16. The number of nitrogens with one attached hydrogen (secondary N) is 1. The van der Waals surface area contributed by atoms with Gasteiger partial charge in [-0.25, -0.2) is 4.79 Å². The number of rotatable bonds is 6. The molecular formula is C14H17NO4S. The molecule has 5 nitrogen and oxygen atoms in total. The van der Waals surface area contributed by atoms with Crippen LogP contribution in [0.25, 0.3) is 6.08 Å². The maximum atomic E-state index is 11.5. The first-order valence-electron chi connectivity index (χ1n) is 6.49. The van der Waals surface area contributed by atoms with Crippen molar-refractivity contribution in [2.75, 3.05) is 19.8 Å².